The van der Waals surface area contributed by atoms with E-state index in [0.717, 1.165) is 32.7 Å². The lowest BCUT2D eigenvalue weighted by Gasteiger charge is -2.22. The van der Waals surface area contributed by atoms with Crippen molar-refractivity contribution in [2.24, 2.45) is 0 Å². The molecule has 16 heavy (non-hydrogen) atoms. The summed E-state index contributed by atoms with van der Waals surface area (Å²) in [5, 5.41) is 0. The fourth-order valence-corrected chi connectivity index (χ4v) is 2.53. The van der Waals surface area contributed by atoms with E-state index in [0.29, 0.717) is 0 Å². The van der Waals surface area contributed by atoms with Crippen molar-refractivity contribution in [1.29, 1.82) is 0 Å². The van der Waals surface area contributed by atoms with Gasteiger partial charge in [-0.25, -0.2) is 0 Å². The molecule has 0 radical (unpaired) electrons. The summed E-state index contributed by atoms with van der Waals surface area (Å²) >= 11 is 3.53. The van der Waals surface area contributed by atoms with Gasteiger partial charge in [-0.3, -0.25) is 0 Å². The molecule has 0 unspecified atom stereocenters. The highest BCUT2D eigenvalue weighted by atomic mass is 79.9. The highest BCUT2D eigenvalue weighted by molar-refractivity contribution is 9.10. The maximum atomic E-state index is 5.84. The van der Waals surface area contributed by atoms with Crippen molar-refractivity contribution in [3.05, 3.63) is 64.6 Å². The lowest BCUT2D eigenvalue weighted by molar-refractivity contribution is 0.474. The zero-order valence-electron chi connectivity index (χ0n) is 8.53. The first-order valence-electron chi connectivity index (χ1n) is 5.02. The van der Waals surface area contributed by atoms with Gasteiger partial charge in [0.15, 0.2) is 0 Å². The Morgan fingerprint density at radius 1 is 0.938 bits per heavy atom. The lowest BCUT2D eigenvalue weighted by atomic mass is 9.96. The van der Waals surface area contributed by atoms with E-state index in [1.807, 2.05) is 42.5 Å². The SMILES string of the molecule is C=C1c2ccccc2Oc2cccc(Br)c21. The molecule has 0 fully saturated rings. The van der Waals surface area contributed by atoms with Crippen molar-refractivity contribution in [1.82, 2.24) is 0 Å². The minimum absolute atomic E-state index is 0.859. The molecule has 0 saturated carbocycles. The van der Waals surface area contributed by atoms with E-state index >= 15 is 0 Å². The van der Waals surface area contributed by atoms with Gasteiger partial charge in [-0.2, -0.15) is 0 Å². The third kappa shape index (κ3) is 1.30. The first kappa shape index (κ1) is 9.67. The molecular formula is C14H9BrO. The molecule has 2 aromatic carbocycles. The Morgan fingerprint density at radius 2 is 1.69 bits per heavy atom. The van der Waals surface area contributed by atoms with Gasteiger partial charge in [-0.15, -0.1) is 0 Å². The van der Waals surface area contributed by atoms with Crippen molar-refractivity contribution in [3.8, 4) is 11.5 Å². The van der Waals surface area contributed by atoms with Gasteiger partial charge in [-0.05, 0) is 23.8 Å². The summed E-state index contributed by atoms with van der Waals surface area (Å²) in [6, 6.07) is 13.9. The minimum Gasteiger partial charge on any atom is -0.456 e. The fraction of sp³-hybridized carbons (Fsp3) is 0. The highest BCUT2D eigenvalue weighted by Gasteiger charge is 2.21. The summed E-state index contributed by atoms with van der Waals surface area (Å²) in [5.41, 5.74) is 3.10. The second kappa shape index (κ2) is 3.49. The summed E-state index contributed by atoms with van der Waals surface area (Å²) in [7, 11) is 0. The summed E-state index contributed by atoms with van der Waals surface area (Å²) in [6.45, 7) is 4.15. The average molecular weight is 273 g/mol. The van der Waals surface area contributed by atoms with Crippen LogP contribution in [-0.4, -0.2) is 0 Å². The smallest absolute Gasteiger partial charge is 0.136 e. The molecule has 3 rings (SSSR count). The third-order valence-corrected chi connectivity index (χ3v) is 3.37. The zero-order chi connectivity index (χ0) is 11.1. The van der Waals surface area contributed by atoms with Crippen LogP contribution in [0, 0.1) is 0 Å². The molecule has 1 heterocycles. The number of halogens is 1. The van der Waals surface area contributed by atoms with Gasteiger partial charge < -0.3 is 4.74 Å². The number of hydrogen-bond donors (Lipinski definition) is 0. The van der Waals surface area contributed by atoms with Gasteiger partial charge in [0.25, 0.3) is 0 Å². The molecule has 0 aliphatic carbocycles. The maximum absolute atomic E-state index is 5.84. The van der Waals surface area contributed by atoms with Crippen molar-refractivity contribution < 1.29 is 4.74 Å². The number of hydrogen-bond acceptors (Lipinski definition) is 1. The van der Waals surface area contributed by atoms with E-state index in [9.17, 15) is 0 Å². The summed E-state index contributed by atoms with van der Waals surface area (Å²) in [6.07, 6.45) is 0. The van der Waals surface area contributed by atoms with Gasteiger partial charge in [0.05, 0.1) is 0 Å². The van der Waals surface area contributed by atoms with Crippen LogP contribution in [0.4, 0.5) is 0 Å². The van der Waals surface area contributed by atoms with Crippen LogP contribution in [0.5, 0.6) is 11.5 Å². The van der Waals surface area contributed by atoms with Crippen LogP contribution >= 0.6 is 15.9 Å². The second-order valence-electron chi connectivity index (χ2n) is 3.69. The topological polar surface area (TPSA) is 9.23 Å². The second-order valence-corrected chi connectivity index (χ2v) is 4.54. The van der Waals surface area contributed by atoms with Crippen molar-refractivity contribution in [3.63, 3.8) is 0 Å². The van der Waals surface area contributed by atoms with Crippen LogP contribution in [-0.2, 0) is 0 Å². The van der Waals surface area contributed by atoms with E-state index in [1.165, 1.54) is 0 Å². The normalized spacial score (nSPS) is 12.7. The van der Waals surface area contributed by atoms with E-state index in [4.69, 9.17) is 4.74 Å². The molecule has 0 spiro atoms. The van der Waals surface area contributed by atoms with E-state index in [-0.39, 0.29) is 0 Å². The molecule has 2 aromatic rings. The molecule has 2 heteroatoms. The van der Waals surface area contributed by atoms with Crippen LogP contribution in [0.1, 0.15) is 11.1 Å². The summed E-state index contributed by atoms with van der Waals surface area (Å²) in [5.74, 6) is 1.73. The molecule has 0 atom stereocenters. The van der Waals surface area contributed by atoms with Gasteiger partial charge in [0.1, 0.15) is 11.5 Å². The Bertz CT molecular complexity index is 587. The Kier molecular flexibility index (Phi) is 2.11. The first-order valence-corrected chi connectivity index (χ1v) is 5.82. The van der Waals surface area contributed by atoms with Crippen LogP contribution in [0.2, 0.25) is 0 Å². The van der Waals surface area contributed by atoms with Crippen molar-refractivity contribution in [2.45, 2.75) is 0 Å². The van der Waals surface area contributed by atoms with Crippen LogP contribution < -0.4 is 4.74 Å². The van der Waals surface area contributed by atoms with Crippen LogP contribution in [0.15, 0.2) is 53.5 Å². The van der Waals surface area contributed by atoms with E-state index in [1.54, 1.807) is 0 Å². The largest absolute Gasteiger partial charge is 0.456 e. The Morgan fingerprint density at radius 3 is 2.56 bits per heavy atom. The van der Waals surface area contributed by atoms with Gasteiger partial charge >= 0.3 is 0 Å². The monoisotopic (exact) mass is 272 g/mol. The van der Waals surface area contributed by atoms with Crippen molar-refractivity contribution in [2.75, 3.05) is 0 Å². The molecule has 0 amide bonds. The Hall–Kier alpha value is -1.54. The van der Waals surface area contributed by atoms with Crippen molar-refractivity contribution >= 4 is 21.5 Å². The quantitative estimate of drug-likeness (QED) is 0.581. The molecule has 1 aliphatic heterocycles. The molecule has 0 saturated heterocycles. The maximum Gasteiger partial charge on any atom is 0.136 e. The molecule has 0 aromatic heterocycles. The van der Waals surface area contributed by atoms with Gasteiger partial charge in [0, 0.05) is 15.6 Å². The molecule has 78 valence electrons. The summed E-state index contributed by atoms with van der Waals surface area (Å²) in [4.78, 5) is 0. The minimum atomic E-state index is 0.859. The molecule has 0 bridgehead atoms. The van der Waals surface area contributed by atoms with E-state index < -0.39 is 0 Å². The predicted octanol–water partition coefficient (Wildman–Crippen LogP) is 4.62. The van der Waals surface area contributed by atoms with E-state index in [2.05, 4.69) is 22.5 Å². The lowest BCUT2D eigenvalue weighted by Crippen LogP contribution is -2.01. The Balaban J connectivity index is 2.27. The molecule has 1 aliphatic rings. The number of rotatable bonds is 0. The zero-order valence-corrected chi connectivity index (χ0v) is 10.1. The fourth-order valence-electron chi connectivity index (χ4n) is 1.94. The van der Waals surface area contributed by atoms with Gasteiger partial charge in [-0.1, -0.05) is 46.8 Å². The number of fused-ring (bicyclic) bond motifs is 2. The van der Waals surface area contributed by atoms with Crippen LogP contribution in [0.3, 0.4) is 0 Å². The third-order valence-electron chi connectivity index (χ3n) is 2.71. The van der Waals surface area contributed by atoms with Crippen LogP contribution in [0.25, 0.3) is 5.57 Å². The first-order chi connectivity index (χ1) is 7.77. The molecular weight excluding hydrogens is 264 g/mol. The average Bonchev–Trinajstić information content (AvgIpc) is 2.29. The number of benzene rings is 2. The number of para-hydroxylation sites is 1. The molecule has 0 N–H and O–H groups in total. The Labute approximate surface area is 103 Å². The van der Waals surface area contributed by atoms with Gasteiger partial charge in [0.2, 0.25) is 0 Å². The standard InChI is InChI=1S/C14H9BrO/c1-9-10-5-2-3-7-12(10)16-13-8-4-6-11(15)14(9)13/h2-8H,1H2. The predicted molar refractivity (Wildman–Crippen MR) is 68.8 cm³/mol. The number of ether oxygens (including phenoxy) is 1. The highest BCUT2D eigenvalue weighted by Crippen LogP contribution is 2.45. The summed E-state index contributed by atoms with van der Waals surface area (Å²) < 4.78 is 6.86. The molecule has 1 nitrogen and oxygen atoms in total.